The van der Waals surface area contributed by atoms with Crippen LogP contribution in [0.2, 0.25) is 0 Å². The van der Waals surface area contributed by atoms with Crippen molar-refractivity contribution in [2.45, 2.75) is 189 Å². The Morgan fingerprint density at radius 2 is 1.35 bits per heavy atom. The number of carboxylic acid groups (broad SMARTS) is 1. The van der Waals surface area contributed by atoms with Crippen LogP contribution in [0.4, 0.5) is 0 Å². The highest BCUT2D eigenvalue weighted by Gasteiger charge is 2.41. The number of methoxy groups -OCH3 is 1. The number of hydrogen-bond acceptors (Lipinski definition) is 23. The zero-order chi connectivity index (χ0) is 82.5. The Bertz CT molecular complexity index is 3960. The van der Waals surface area contributed by atoms with Gasteiger partial charge in [0.15, 0.2) is 5.96 Å². The minimum atomic E-state index is -1.88. The van der Waals surface area contributed by atoms with Crippen LogP contribution in [0.15, 0.2) is 83.1 Å². The molecule has 3 heterocycles. The molecule has 3 aromatic carbocycles. The number of benzene rings is 3. The fraction of sp³-hybridized carbons (Fsp3) is 0.533. The molecular weight excluding hydrogens is 1510 g/mol. The smallest absolute Gasteiger partial charge is 0.344 e. The summed E-state index contributed by atoms with van der Waals surface area (Å²) in [5.41, 5.74) is 20.2. The van der Waals surface area contributed by atoms with Gasteiger partial charge in [0.1, 0.15) is 84.7 Å². The van der Waals surface area contributed by atoms with Crippen LogP contribution in [-0.4, -0.2) is 229 Å². The number of aromatic nitrogens is 1. The number of carbonyl (C=O) groups excluding carboxylic acids is 12. The van der Waals surface area contributed by atoms with E-state index in [1.807, 2.05) is 24.5 Å². The van der Waals surface area contributed by atoms with Gasteiger partial charge >= 0.3 is 11.9 Å². The molecule has 2 aliphatic rings. The lowest BCUT2D eigenvalue weighted by molar-refractivity contribution is -0.255. The van der Waals surface area contributed by atoms with Crippen LogP contribution in [0.1, 0.15) is 126 Å². The maximum absolute atomic E-state index is 15.3. The number of nitrogens with one attached hydrogen (secondary N) is 10. The van der Waals surface area contributed by atoms with Crippen LogP contribution in [-0.2, 0) is 106 Å². The summed E-state index contributed by atoms with van der Waals surface area (Å²) in [5.74, 6) is -12.3. The number of fused-ring (bicyclic) bond motifs is 4. The van der Waals surface area contributed by atoms with Crippen molar-refractivity contribution in [1.82, 2.24) is 57.7 Å². The molecule has 6 rings (SSSR count). The minimum Gasteiger partial charge on any atom is -0.508 e. The molecule has 4 aromatic rings. The van der Waals surface area contributed by atoms with Gasteiger partial charge in [-0.1, -0.05) is 61.8 Å². The van der Waals surface area contributed by atoms with E-state index in [0.29, 0.717) is 71.6 Å². The van der Waals surface area contributed by atoms with Crippen molar-refractivity contribution in [2.75, 3.05) is 59.1 Å². The number of phenols is 1. The summed E-state index contributed by atoms with van der Waals surface area (Å²) in [7, 11) is 2.34. The van der Waals surface area contributed by atoms with E-state index in [-0.39, 0.29) is 88.7 Å². The number of carboxylic acids is 1. The maximum atomic E-state index is 15.3. The van der Waals surface area contributed by atoms with Gasteiger partial charge in [-0.3, -0.25) is 67.4 Å². The number of carbonyl (C=O) groups is 13. The number of amides is 11. The molecular formula is C75H106N16O20S2. The molecule has 2 aliphatic heterocycles. The Morgan fingerprint density at radius 1 is 0.717 bits per heavy atom. The molecule has 0 radical (unpaired) electrons. The molecule has 18 N–H and O–H groups in total. The molecule has 0 aliphatic carbocycles. The Kier molecular flexibility index (Phi) is 38.4. The highest BCUT2D eigenvalue weighted by molar-refractivity contribution is 7.98. The Hall–Kier alpha value is -10.7. The molecule has 0 unspecified atom stereocenters. The van der Waals surface area contributed by atoms with Crippen LogP contribution in [0.5, 0.6) is 11.5 Å². The van der Waals surface area contributed by atoms with E-state index in [4.69, 9.17) is 36.4 Å². The van der Waals surface area contributed by atoms with Crippen LogP contribution in [0.25, 0.3) is 10.9 Å². The number of rotatable bonds is 22. The number of aliphatic imine (C=N–C) groups is 1. The molecule has 1 aromatic heterocycles. The van der Waals surface area contributed by atoms with Gasteiger partial charge < -0.3 is 99.5 Å². The Balaban J connectivity index is 1.35. The highest BCUT2D eigenvalue weighted by atomic mass is 32.2. The van der Waals surface area contributed by atoms with Crippen molar-refractivity contribution < 1.29 is 96.6 Å². The predicted molar refractivity (Wildman–Crippen MR) is 419 cm³/mol. The number of thioether (sulfide) groups is 2. The van der Waals surface area contributed by atoms with Gasteiger partial charge in [0.25, 0.3) is 5.91 Å². The van der Waals surface area contributed by atoms with Crippen LogP contribution in [0, 0.1) is 5.92 Å². The number of phenolic OH excluding ortho intramolecular Hbond substituents is 1. The Morgan fingerprint density at radius 3 is 2.04 bits per heavy atom. The van der Waals surface area contributed by atoms with E-state index in [9.17, 15) is 63.0 Å². The van der Waals surface area contributed by atoms with Crippen molar-refractivity contribution in [3.8, 4) is 11.5 Å². The normalized spacial score (nSPS) is 23.0. The minimum absolute atomic E-state index is 0.00501. The number of H-pyrrole nitrogens is 1. The Labute approximate surface area is 662 Å². The van der Waals surface area contributed by atoms with E-state index in [0.717, 1.165) is 30.9 Å². The average Bonchev–Trinajstić information content (AvgIpc) is 1.74. The molecule has 618 valence electrons. The SMILES string of the molecule is CC[C@H](C)[C@@H]1NC(=O)[C@H](CC(=O)OOC)NC(=O)[C@H](CCOC)NC(=O)[C@@H]2CCCN2C(=O)[C@H](C)NC(=O)[C@H](CCCN=C(N)N)NC(=O)C=NOCCCCCCOc2cc(CSC)cc(c2)CSC[C@@H](C(N)=O)NC(=O)[C@H](CCC(=O)O)NC(=O)[C@H](Cc2ccc(O)cc2)NC(=O)[C@H](Cc2c[nH]c3ccccc23)NC1=O. The number of primary amides is 1. The monoisotopic (exact) mass is 1610 g/mol. The molecule has 11 atom stereocenters. The fourth-order valence-corrected chi connectivity index (χ4v) is 13.9. The lowest BCUT2D eigenvalue weighted by Gasteiger charge is -2.30. The molecule has 1 saturated heterocycles. The molecule has 36 nitrogen and oxygen atoms in total. The van der Waals surface area contributed by atoms with Gasteiger partial charge in [-0.2, -0.15) is 28.4 Å². The first kappa shape index (κ1) is 91.1. The van der Waals surface area contributed by atoms with Crippen molar-refractivity contribution in [1.29, 1.82) is 0 Å². The van der Waals surface area contributed by atoms with E-state index in [1.54, 1.807) is 56.1 Å². The van der Waals surface area contributed by atoms with Gasteiger partial charge in [-0.15, -0.1) is 0 Å². The van der Waals surface area contributed by atoms with Crippen molar-refractivity contribution >= 4 is 124 Å². The summed E-state index contributed by atoms with van der Waals surface area (Å²) in [4.78, 5) is 207. The number of hydrogen-bond donors (Lipinski definition) is 15. The summed E-state index contributed by atoms with van der Waals surface area (Å²) in [5, 5.41) is 48.2. The number of para-hydroxylation sites is 1. The largest absolute Gasteiger partial charge is 0.508 e. The van der Waals surface area contributed by atoms with Gasteiger partial charge in [0, 0.05) is 80.4 Å². The first-order valence-corrected chi connectivity index (χ1v) is 39.8. The second-order valence-corrected chi connectivity index (χ2v) is 29.2. The topological polar surface area (TPSA) is 539 Å². The second-order valence-electron chi connectivity index (χ2n) is 27.3. The number of guanidine groups is 1. The number of aromatic amines is 1. The third-order valence-electron chi connectivity index (χ3n) is 18.6. The summed E-state index contributed by atoms with van der Waals surface area (Å²) < 4.78 is 11.5. The maximum Gasteiger partial charge on any atom is 0.344 e. The number of aliphatic carboxylic acids is 1. The third kappa shape index (κ3) is 30.7. The van der Waals surface area contributed by atoms with Crippen LogP contribution >= 0.6 is 23.5 Å². The number of ether oxygens (including phenoxy) is 2. The van der Waals surface area contributed by atoms with E-state index in [1.165, 1.54) is 55.0 Å². The van der Waals surface area contributed by atoms with Crippen molar-refractivity contribution in [2.24, 2.45) is 33.3 Å². The number of aromatic hydroxyl groups is 1. The van der Waals surface area contributed by atoms with Crippen molar-refractivity contribution in [3.05, 3.63) is 95.2 Å². The first-order valence-electron chi connectivity index (χ1n) is 37.2. The quantitative estimate of drug-likeness (QED) is 0.0170. The molecule has 1 fully saturated rings. The average molecular weight is 1620 g/mol. The summed E-state index contributed by atoms with van der Waals surface area (Å²) in [6.45, 7) is 5.18. The van der Waals surface area contributed by atoms with Gasteiger partial charge in [0.2, 0.25) is 59.1 Å². The van der Waals surface area contributed by atoms with E-state index in [2.05, 4.69) is 67.9 Å². The molecule has 113 heavy (non-hydrogen) atoms. The van der Waals surface area contributed by atoms with Gasteiger partial charge in [0.05, 0.1) is 20.1 Å². The second kappa shape index (κ2) is 47.6. The summed E-state index contributed by atoms with van der Waals surface area (Å²) >= 11 is 2.84. The lowest BCUT2D eigenvalue weighted by Crippen LogP contribution is -2.62. The molecule has 0 spiro atoms. The lowest BCUT2D eigenvalue weighted by atomic mass is 9.96. The summed E-state index contributed by atoms with van der Waals surface area (Å²) in [6.07, 6.45) is 5.00. The molecule has 38 heteroatoms. The zero-order valence-electron chi connectivity index (χ0n) is 64.3. The first-order chi connectivity index (χ1) is 54.1. The van der Waals surface area contributed by atoms with Crippen LogP contribution < -0.4 is 69.8 Å². The van der Waals surface area contributed by atoms with Crippen molar-refractivity contribution in [3.63, 3.8) is 0 Å². The van der Waals surface area contributed by atoms with E-state index >= 15 is 9.59 Å². The highest BCUT2D eigenvalue weighted by Crippen LogP contribution is 2.26. The molecule has 11 amide bonds. The zero-order valence-corrected chi connectivity index (χ0v) is 65.9. The number of oxime groups is 1. The molecule has 0 saturated carbocycles. The number of nitrogens with zero attached hydrogens (tertiary/aromatic N) is 3. The fourth-order valence-electron chi connectivity index (χ4n) is 12.4. The standard InChI is InChI=1S/C75H106N16O20S2/c1-7-43(2)64-73(105)88-57(36-48-38-80-52-17-11-10-16-51(48)52)70(102)86-56(35-45-20-22-49(92)23-21-45)69(101)84-54(24-25-62(94)95)67(99)89-59(65(76)97)42-113-41-47-32-46(40-112-6)33-50(34-47)109-29-12-8-9-13-30-110-81-39-61(93)83-53(18-14-27-79-75(77)78)66(98)82-44(3)74(106)91-28-15-19-60(91)72(104)85-55(26-31-107-4)68(100)87-58(71(103)90-64)37-63(96)111-108-5/h10-11,16-17,20-23,32-34,38-39,43-44,53-60,64,80,92H,7-9,12-15,18-19,24-31,35-37,40-42H2,1-6H3,(H2,76,97)(H,82,98)(H,83,93)(H,84,101)(H,85,104)(H,86,102)(H,87,100)(H,88,105)(H,89,99)(H,90,103)(H,94,95)(H4,77,78,79)/t43-,44-,53-,54-,55-,56-,57-,58-,59-,60-,64-/m0/s1. The van der Waals surface area contributed by atoms with E-state index < -0.39 is 163 Å². The number of nitrogens with two attached hydrogens (primary N) is 3. The van der Waals surface area contributed by atoms with Crippen LogP contribution in [0.3, 0.4) is 0 Å². The van der Waals surface area contributed by atoms with Gasteiger partial charge in [-0.05, 0) is 136 Å². The third-order valence-corrected chi connectivity index (χ3v) is 20.3. The molecule has 2 bridgehead atoms. The predicted octanol–water partition coefficient (Wildman–Crippen LogP) is 0.765. The summed E-state index contributed by atoms with van der Waals surface area (Å²) in [6, 6.07) is 3.43. The van der Waals surface area contributed by atoms with Gasteiger partial charge in [-0.25, -0.2) is 4.79 Å².